The second-order valence-electron chi connectivity index (χ2n) is 6.76. The minimum Gasteiger partial charge on any atom is -0.186 e. The minimum atomic E-state index is -5.54. The van der Waals surface area contributed by atoms with Crippen LogP contribution in [0.5, 0.6) is 0 Å². The van der Waals surface area contributed by atoms with Crippen molar-refractivity contribution in [3.8, 4) is 0 Å². The molecular weight excluding hydrogens is 324 g/mol. The van der Waals surface area contributed by atoms with Crippen LogP contribution < -0.4 is 0 Å². The Labute approximate surface area is 127 Å². The van der Waals surface area contributed by atoms with E-state index in [0.717, 1.165) is 0 Å². The van der Waals surface area contributed by atoms with E-state index >= 15 is 0 Å². The predicted octanol–water partition coefficient (Wildman–Crippen LogP) is 4.75. The maximum Gasteiger partial charge on any atom is 0.526 e. The molecule has 0 radical (unpaired) electrons. The highest BCUT2D eigenvalue weighted by Gasteiger charge is 2.56. The molecule has 0 atom stereocenters. The average Bonchev–Trinajstić information content (AvgIpc) is 2.08. The fourth-order valence-electron chi connectivity index (χ4n) is 2.56. The first-order valence-corrected chi connectivity index (χ1v) is 10.8. The molecule has 128 valence electrons. The quantitative estimate of drug-likeness (QED) is 0.468. The topological polar surface area (TPSA) is 43.4 Å². The van der Waals surface area contributed by atoms with Gasteiger partial charge in [0.2, 0.25) is 0 Å². The molecule has 0 bridgehead atoms. The third-order valence-electron chi connectivity index (χ3n) is 2.63. The maximum atomic E-state index is 12.7. The van der Waals surface area contributed by atoms with E-state index in [2.05, 4.69) is 0 Å². The van der Waals surface area contributed by atoms with Crippen LogP contribution in [0.1, 0.15) is 41.5 Å². The van der Waals surface area contributed by atoms with Crippen molar-refractivity contribution in [1.82, 2.24) is 0 Å². The molecule has 3 nitrogen and oxygen atoms in total. The summed E-state index contributed by atoms with van der Waals surface area (Å²) in [5.41, 5.74) is -5.36. The van der Waals surface area contributed by atoms with Crippen molar-refractivity contribution in [3.63, 3.8) is 0 Å². The SMILES string of the molecule is CC(C)C[P+](CC(C)C)(CC(C)C)OS(=O)(=O)C(F)(F)F. The van der Waals surface area contributed by atoms with E-state index in [-0.39, 0.29) is 17.8 Å². The summed E-state index contributed by atoms with van der Waals surface area (Å²) in [4.78, 5) is 0. The Hall–Kier alpha value is 0.130. The minimum absolute atomic E-state index is 0.0827. The summed E-state index contributed by atoms with van der Waals surface area (Å²) in [6.07, 6.45) is 1.16. The van der Waals surface area contributed by atoms with Crippen molar-refractivity contribution < 1.29 is 25.6 Å². The Morgan fingerprint density at radius 3 is 1.33 bits per heavy atom. The highest BCUT2D eigenvalue weighted by atomic mass is 32.2. The van der Waals surface area contributed by atoms with Crippen LogP contribution in [0.3, 0.4) is 0 Å². The molecule has 0 saturated heterocycles. The molecule has 8 heteroatoms. The van der Waals surface area contributed by atoms with Crippen molar-refractivity contribution in [2.75, 3.05) is 18.5 Å². The molecule has 0 aromatic heterocycles. The lowest BCUT2D eigenvalue weighted by Gasteiger charge is -2.29. The molecule has 0 aliphatic heterocycles. The van der Waals surface area contributed by atoms with E-state index < -0.39 is 23.1 Å². The molecule has 0 N–H and O–H groups in total. The molecule has 0 aromatic rings. The van der Waals surface area contributed by atoms with Gasteiger partial charge in [0.1, 0.15) is 0 Å². The molecule has 0 unspecified atom stereocenters. The van der Waals surface area contributed by atoms with Gasteiger partial charge in [-0.15, -0.1) is 3.97 Å². The van der Waals surface area contributed by atoms with Crippen molar-refractivity contribution in [3.05, 3.63) is 0 Å². The van der Waals surface area contributed by atoms with Gasteiger partial charge in [0.05, 0.1) is 18.5 Å². The van der Waals surface area contributed by atoms with Crippen molar-refractivity contribution in [1.29, 1.82) is 0 Å². The first-order chi connectivity index (χ1) is 9.21. The second-order valence-corrected chi connectivity index (χ2v) is 11.9. The van der Waals surface area contributed by atoms with Crippen molar-refractivity contribution >= 4 is 17.6 Å². The molecule has 0 heterocycles. The molecule has 0 spiro atoms. The Morgan fingerprint density at radius 1 is 0.857 bits per heavy atom. The van der Waals surface area contributed by atoms with Crippen LogP contribution in [0.25, 0.3) is 0 Å². The largest absolute Gasteiger partial charge is 0.526 e. The Bertz CT molecular complexity index is 390. The predicted molar refractivity (Wildman–Crippen MR) is 82.1 cm³/mol. The standard InChI is InChI=1S/C13H27F3O3PS/c1-10(2)7-20(8-11(3)4,9-12(5)6)19-21(17,18)13(14,15)16/h10-12H,7-9H2,1-6H3/q+1. The molecule has 0 fully saturated rings. The van der Waals surface area contributed by atoms with E-state index in [4.69, 9.17) is 3.97 Å². The van der Waals surface area contributed by atoms with Crippen molar-refractivity contribution in [2.24, 2.45) is 17.8 Å². The number of hydrogen-bond acceptors (Lipinski definition) is 3. The van der Waals surface area contributed by atoms with Crippen LogP contribution in [-0.2, 0) is 14.1 Å². The summed E-state index contributed by atoms with van der Waals surface area (Å²) in [5, 5.41) is 0. The van der Waals surface area contributed by atoms with Crippen LogP contribution >= 0.6 is 7.49 Å². The zero-order chi connectivity index (χ0) is 17.1. The molecule has 21 heavy (non-hydrogen) atoms. The monoisotopic (exact) mass is 351 g/mol. The second kappa shape index (κ2) is 7.60. The number of rotatable bonds is 8. The van der Waals surface area contributed by atoms with Gasteiger partial charge in [0, 0.05) is 0 Å². The van der Waals surface area contributed by atoms with Gasteiger partial charge in [-0.3, -0.25) is 0 Å². The third kappa shape index (κ3) is 7.29. The van der Waals surface area contributed by atoms with E-state index in [1.807, 2.05) is 41.5 Å². The van der Waals surface area contributed by atoms with Gasteiger partial charge >= 0.3 is 15.6 Å². The molecule has 0 rings (SSSR count). The van der Waals surface area contributed by atoms with Gasteiger partial charge in [-0.05, 0) is 17.8 Å². The summed E-state index contributed by atoms with van der Waals surface area (Å²) in [6.45, 7) is 11.2. The van der Waals surface area contributed by atoms with Crippen LogP contribution in [-0.4, -0.2) is 32.4 Å². The molecule has 0 aliphatic carbocycles. The zero-order valence-corrected chi connectivity index (χ0v) is 15.3. The Morgan fingerprint density at radius 2 is 1.14 bits per heavy atom. The van der Waals surface area contributed by atoms with Crippen LogP contribution in [0, 0.1) is 17.8 Å². The number of hydrogen-bond donors (Lipinski definition) is 0. The van der Waals surface area contributed by atoms with Crippen molar-refractivity contribution in [2.45, 2.75) is 47.1 Å². The number of halogens is 3. The first kappa shape index (κ1) is 21.1. The van der Waals surface area contributed by atoms with Gasteiger partial charge in [-0.1, -0.05) is 41.5 Å². The first-order valence-electron chi connectivity index (χ1n) is 7.09. The van der Waals surface area contributed by atoms with Crippen LogP contribution in [0.2, 0.25) is 0 Å². The van der Waals surface area contributed by atoms with E-state index in [9.17, 15) is 21.6 Å². The van der Waals surface area contributed by atoms with Crippen LogP contribution in [0.15, 0.2) is 0 Å². The van der Waals surface area contributed by atoms with Gasteiger partial charge in [0.15, 0.2) is 7.49 Å². The highest BCUT2D eigenvalue weighted by molar-refractivity contribution is 7.94. The molecule has 0 saturated carbocycles. The summed E-state index contributed by atoms with van der Waals surface area (Å²) >= 11 is 0. The van der Waals surface area contributed by atoms with Gasteiger partial charge in [-0.2, -0.15) is 21.6 Å². The Balaban J connectivity index is 5.64. The van der Waals surface area contributed by atoms with Gasteiger partial charge in [0.25, 0.3) is 0 Å². The molecular formula is C13H27F3O3PS+. The highest BCUT2D eigenvalue weighted by Crippen LogP contribution is 2.65. The lowest BCUT2D eigenvalue weighted by molar-refractivity contribution is -0.0498. The van der Waals surface area contributed by atoms with Gasteiger partial charge in [-0.25, -0.2) is 0 Å². The lowest BCUT2D eigenvalue weighted by atomic mass is 10.3. The molecule has 0 aliphatic rings. The average molecular weight is 351 g/mol. The van der Waals surface area contributed by atoms with E-state index in [1.54, 1.807) is 0 Å². The van der Waals surface area contributed by atoms with Crippen LogP contribution in [0.4, 0.5) is 13.2 Å². The normalized spacial score (nSPS) is 14.5. The summed E-state index contributed by atoms with van der Waals surface area (Å²) in [5.74, 6) is 0.248. The summed E-state index contributed by atoms with van der Waals surface area (Å²) in [6, 6.07) is 0. The summed E-state index contributed by atoms with van der Waals surface area (Å²) in [7, 11) is -8.23. The summed E-state index contributed by atoms with van der Waals surface area (Å²) < 4.78 is 65.9. The zero-order valence-electron chi connectivity index (χ0n) is 13.6. The molecule has 0 amide bonds. The smallest absolute Gasteiger partial charge is 0.186 e. The third-order valence-corrected chi connectivity index (χ3v) is 9.44. The van der Waals surface area contributed by atoms with E-state index in [1.165, 1.54) is 0 Å². The fraction of sp³-hybridized carbons (Fsp3) is 1.00. The lowest BCUT2D eigenvalue weighted by Crippen LogP contribution is -2.30. The Kier molecular flexibility index (Phi) is 7.65. The van der Waals surface area contributed by atoms with E-state index in [0.29, 0.717) is 18.5 Å². The molecule has 0 aromatic carbocycles. The van der Waals surface area contributed by atoms with Gasteiger partial charge < -0.3 is 0 Å². The number of alkyl halides is 3. The fourth-order valence-corrected chi connectivity index (χ4v) is 9.74. The maximum absolute atomic E-state index is 12.7.